The fourth-order valence-electron chi connectivity index (χ4n) is 1.94. The van der Waals surface area contributed by atoms with Crippen molar-refractivity contribution in [2.45, 2.75) is 32.5 Å². The van der Waals surface area contributed by atoms with Gasteiger partial charge in [-0.05, 0) is 49.1 Å². The van der Waals surface area contributed by atoms with E-state index in [1.165, 1.54) is 0 Å². The molecular weight excluding hydrogens is 226 g/mol. The van der Waals surface area contributed by atoms with Crippen LogP contribution in [0.3, 0.4) is 0 Å². The first-order chi connectivity index (χ1) is 7.47. The van der Waals surface area contributed by atoms with E-state index in [-0.39, 0.29) is 0 Å². The molecule has 2 atom stereocenters. The molecule has 2 unspecified atom stereocenters. The van der Waals surface area contributed by atoms with Crippen molar-refractivity contribution in [2.24, 2.45) is 0 Å². The Morgan fingerprint density at radius 2 is 1.75 bits per heavy atom. The number of nitrogen functional groups attached to an aromatic ring is 1. The van der Waals surface area contributed by atoms with Gasteiger partial charge in [0.05, 0.1) is 6.10 Å². The number of aryl methyl sites for hydroxylation is 2. The third-order valence-electron chi connectivity index (χ3n) is 2.68. The number of halogens is 1. The maximum absolute atomic E-state index is 10.0. The Balaban J connectivity index is 3.03. The highest BCUT2D eigenvalue weighted by Gasteiger charge is 2.21. The second kappa shape index (κ2) is 5.53. The van der Waals surface area contributed by atoms with Gasteiger partial charge in [-0.1, -0.05) is 0 Å². The highest BCUT2D eigenvalue weighted by molar-refractivity contribution is 6.17. The molecule has 0 aliphatic carbocycles. The van der Waals surface area contributed by atoms with Crippen LogP contribution in [0.4, 0.5) is 5.69 Å². The molecule has 1 aromatic carbocycles. The maximum Gasteiger partial charge on any atom is 0.105 e. The monoisotopic (exact) mass is 243 g/mol. The summed E-state index contributed by atoms with van der Waals surface area (Å²) in [4.78, 5) is 0. The lowest BCUT2D eigenvalue weighted by Gasteiger charge is -2.21. The van der Waals surface area contributed by atoms with Gasteiger partial charge in [-0.25, -0.2) is 0 Å². The molecule has 0 saturated carbocycles. The van der Waals surface area contributed by atoms with Crippen molar-refractivity contribution < 1.29 is 10.2 Å². The van der Waals surface area contributed by atoms with Gasteiger partial charge >= 0.3 is 0 Å². The van der Waals surface area contributed by atoms with Crippen molar-refractivity contribution in [3.05, 3.63) is 28.8 Å². The van der Waals surface area contributed by atoms with Crippen LogP contribution in [0.5, 0.6) is 0 Å². The van der Waals surface area contributed by atoms with Crippen LogP contribution in [0.1, 0.15) is 29.2 Å². The van der Waals surface area contributed by atoms with Crippen LogP contribution in [0.25, 0.3) is 0 Å². The molecule has 0 fully saturated rings. The summed E-state index contributed by atoms with van der Waals surface area (Å²) in [7, 11) is 0. The van der Waals surface area contributed by atoms with Gasteiger partial charge in [-0.2, -0.15) is 0 Å². The first-order valence-corrected chi connectivity index (χ1v) is 5.79. The zero-order valence-corrected chi connectivity index (χ0v) is 10.3. The van der Waals surface area contributed by atoms with Crippen LogP contribution in [0.15, 0.2) is 12.1 Å². The number of rotatable bonds is 4. The molecule has 4 heteroatoms. The molecule has 0 saturated heterocycles. The Hall–Kier alpha value is -0.770. The minimum atomic E-state index is -0.903. The van der Waals surface area contributed by atoms with Gasteiger partial charge in [0.25, 0.3) is 0 Å². The molecular formula is C12H18ClNO2. The van der Waals surface area contributed by atoms with Crippen LogP contribution in [-0.4, -0.2) is 22.2 Å². The summed E-state index contributed by atoms with van der Waals surface area (Å²) in [5.41, 5.74) is 8.88. The summed E-state index contributed by atoms with van der Waals surface area (Å²) in [6.45, 7) is 3.74. The van der Waals surface area contributed by atoms with Crippen molar-refractivity contribution >= 4 is 17.3 Å². The minimum absolute atomic E-state index is 0.325. The van der Waals surface area contributed by atoms with Gasteiger partial charge in [0, 0.05) is 11.6 Å². The molecule has 0 aromatic heterocycles. The Morgan fingerprint density at radius 1 is 1.25 bits per heavy atom. The molecule has 90 valence electrons. The third-order valence-corrected chi connectivity index (χ3v) is 2.90. The normalized spacial score (nSPS) is 14.8. The molecule has 0 bridgehead atoms. The van der Waals surface area contributed by atoms with E-state index in [1.807, 2.05) is 13.8 Å². The number of nitrogens with two attached hydrogens (primary N) is 1. The van der Waals surface area contributed by atoms with E-state index in [4.69, 9.17) is 17.3 Å². The van der Waals surface area contributed by atoms with Gasteiger partial charge in [0.1, 0.15) is 6.10 Å². The van der Waals surface area contributed by atoms with Gasteiger partial charge in [0.15, 0.2) is 0 Å². The summed E-state index contributed by atoms with van der Waals surface area (Å²) in [5.74, 6) is 0.325. The van der Waals surface area contributed by atoms with Gasteiger partial charge in [-0.15, -0.1) is 11.6 Å². The van der Waals surface area contributed by atoms with Crippen molar-refractivity contribution in [1.82, 2.24) is 0 Å². The molecule has 1 aromatic rings. The van der Waals surface area contributed by atoms with Crippen molar-refractivity contribution in [1.29, 1.82) is 0 Å². The average Bonchev–Trinajstić information content (AvgIpc) is 2.16. The predicted octanol–water partition coefficient (Wildman–Crippen LogP) is 1.91. The Bertz CT molecular complexity index is 345. The van der Waals surface area contributed by atoms with Crippen LogP contribution in [0, 0.1) is 13.8 Å². The van der Waals surface area contributed by atoms with E-state index < -0.39 is 12.2 Å². The summed E-state index contributed by atoms with van der Waals surface area (Å²) < 4.78 is 0. The fourth-order valence-corrected chi connectivity index (χ4v) is 2.16. The number of alkyl halides is 1. The highest BCUT2D eigenvalue weighted by atomic mass is 35.5. The largest absolute Gasteiger partial charge is 0.399 e. The van der Waals surface area contributed by atoms with Crippen molar-refractivity contribution in [3.63, 3.8) is 0 Å². The number of hydrogen-bond acceptors (Lipinski definition) is 3. The molecule has 1 rings (SSSR count). The highest BCUT2D eigenvalue weighted by Crippen LogP contribution is 2.27. The minimum Gasteiger partial charge on any atom is -0.399 e. The molecule has 0 amide bonds. The Labute approximate surface area is 101 Å². The van der Waals surface area contributed by atoms with Crippen LogP contribution < -0.4 is 5.73 Å². The van der Waals surface area contributed by atoms with E-state index in [9.17, 15) is 10.2 Å². The number of benzene rings is 1. The first-order valence-electron chi connectivity index (χ1n) is 5.26. The second-order valence-electron chi connectivity index (χ2n) is 4.06. The predicted molar refractivity (Wildman–Crippen MR) is 66.6 cm³/mol. The molecule has 0 spiro atoms. The van der Waals surface area contributed by atoms with Crippen LogP contribution in [0.2, 0.25) is 0 Å². The zero-order valence-electron chi connectivity index (χ0n) is 9.57. The van der Waals surface area contributed by atoms with Crippen molar-refractivity contribution in [3.8, 4) is 0 Å². The second-order valence-corrected chi connectivity index (χ2v) is 4.44. The molecule has 0 aliphatic rings. The molecule has 16 heavy (non-hydrogen) atoms. The molecule has 3 nitrogen and oxygen atoms in total. The number of aliphatic hydroxyl groups excluding tert-OH is 2. The van der Waals surface area contributed by atoms with E-state index in [0.29, 0.717) is 18.0 Å². The topological polar surface area (TPSA) is 66.5 Å². The van der Waals surface area contributed by atoms with E-state index in [2.05, 4.69) is 0 Å². The number of anilines is 1. The zero-order chi connectivity index (χ0) is 12.3. The van der Waals surface area contributed by atoms with Crippen LogP contribution in [-0.2, 0) is 0 Å². The lowest BCUT2D eigenvalue weighted by atomic mass is 9.93. The van der Waals surface area contributed by atoms with Gasteiger partial charge in [0.2, 0.25) is 0 Å². The van der Waals surface area contributed by atoms with Crippen molar-refractivity contribution in [2.75, 3.05) is 11.6 Å². The van der Waals surface area contributed by atoms with Gasteiger partial charge in [-0.3, -0.25) is 0 Å². The third kappa shape index (κ3) is 2.88. The summed E-state index contributed by atoms with van der Waals surface area (Å²) in [6, 6.07) is 3.58. The Kier molecular flexibility index (Phi) is 4.59. The summed E-state index contributed by atoms with van der Waals surface area (Å²) in [5, 5.41) is 19.7. The average molecular weight is 244 g/mol. The number of hydrogen-bond donors (Lipinski definition) is 3. The van der Waals surface area contributed by atoms with Crippen LogP contribution >= 0.6 is 11.6 Å². The lowest BCUT2D eigenvalue weighted by Crippen LogP contribution is -2.20. The van der Waals surface area contributed by atoms with Gasteiger partial charge < -0.3 is 15.9 Å². The number of aliphatic hydroxyl groups is 2. The molecule has 0 aliphatic heterocycles. The maximum atomic E-state index is 10.0. The van der Waals surface area contributed by atoms with E-state index >= 15 is 0 Å². The van der Waals surface area contributed by atoms with E-state index in [0.717, 1.165) is 16.7 Å². The SMILES string of the molecule is Cc1cc(N)cc(C)c1C(O)C(O)CCCl. The smallest absolute Gasteiger partial charge is 0.105 e. The molecule has 4 N–H and O–H groups in total. The molecule has 0 heterocycles. The lowest BCUT2D eigenvalue weighted by molar-refractivity contribution is 0.0163. The fraction of sp³-hybridized carbons (Fsp3) is 0.500. The van der Waals surface area contributed by atoms with E-state index in [1.54, 1.807) is 12.1 Å². The standard InChI is InChI=1S/C12H18ClNO2/c1-7-5-9(14)6-8(2)11(7)12(16)10(15)3-4-13/h5-6,10,12,15-16H,3-4,14H2,1-2H3. The summed E-state index contributed by atoms with van der Waals surface area (Å²) in [6.07, 6.45) is -1.37. The Morgan fingerprint density at radius 3 is 2.19 bits per heavy atom. The molecule has 0 radical (unpaired) electrons. The quantitative estimate of drug-likeness (QED) is 0.559. The summed E-state index contributed by atoms with van der Waals surface area (Å²) >= 11 is 5.54. The first kappa shape index (κ1) is 13.3.